The zero-order chi connectivity index (χ0) is 14.4. The van der Waals surface area contributed by atoms with E-state index in [-0.39, 0.29) is 23.5 Å². The van der Waals surface area contributed by atoms with Gasteiger partial charge in [-0.3, -0.25) is 4.79 Å². The van der Waals surface area contributed by atoms with Crippen molar-refractivity contribution >= 4 is 17.8 Å². The first-order chi connectivity index (χ1) is 8.93. The molecule has 0 saturated carbocycles. The van der Waals surface area contributed by atoms with Crippen molar-refractivity contribution in [3.05, 3.63) is 35.4 Å². The van der Waals surface area contributed by atoms with Gasteiger partial charge < -0.3 is 9.84 Å². The van der Waals surface area contributed by atoms with E-state index in [9.17, 15) is 18.4 Å². The van der Waals surface area contributed by atoms with Gasteiger partial charge in [-0.05, 0) is 23.8 Å². The lowest BCUT2D eigenvalue weighted by molar-refractivity contribution is -0.131. The summed E-state index contributed by atoms with van der Waals surface area (Å²) in [5, 5.41) is 8.54. The number of carbonyl (C=O) groups is 2. The molecule has 0 fully saturated rings. The minimum absolute atomic E-state index is 0.140. The number of hydrogen-bond donors (Lipinski definition) is 1. The molecular weight excluding hydrogens is 258 g/mol. The second-order valence-corrected chi connectivity index (χ2v) is 3.58. The molecule has 0 saturated heterocycles. The van der Waals surface area contributed by atoms with Crippen LogP contribution < -0.4 is 4.74 Å². The fraction of sp³-hybridized carbons (Fsp3) is 0.231. The summed E-state index contributed by atoms with van der Waals surface area (Å²) >= 11 is 0. The molecule has 1 aromatic carbocycles. The van der Waals surface area contributed by atoms with E-state index in [1.807, 2.05) is 0 Å². The number of carbonyl (C=O) groups excluding carboxylic acids is 1. The van der Waals surface area contributed by atoms with Crippen molar-refractivity contribution in [1.29, 1.82) is 0 Å². The summed E-state index contributed by atoms with van der Waals surface area (Å²) < 4.78 is 28.4. The van der Waals surface area contributed by atoms with Gasteiger partial charge in [-0.2, -0.15) is 8.78 Å². The normalized spacial score (nSPS) is 10.9. The van der Waals surface area contributed by atoms with Crippen molar-refractivity contribution in [3.8, 4) is 5.75 Å². The van der Waals surface area contributed by atoms with E-state index in [0.29, 0.717) is 5.56 Å². The Kier molecular flexibility index (Phi) is 5.17. The van der Waals surface area contributed by atoms with Gasteiger partial charge in [0.25, 0.3) is 0 Å². The minimum Gasteiger partial charge on any atom is -0.478 e. The monoisotopic (exact) mass is 270 g/mol. The van der Waals surface area contributed by atoms with Crippen LogP contribution in [0.3, 0.4) is 0 Å². The molecule has 0 aliphatic rings. The molecule has 1 N–H and O–H groups in total. The smallest absolute Gasteiger partial charge is 0.387 e. The number of Topliss-reactive ketones (excluding diaryl/α,β-unsaturated/α-hetero) is 1. The third kappa shape index (κ3) is 4.50. The molecule has 1 aromatic rings. The molecule has 0 heterocycles. The van der Waals surface area contributed by atoms with Crippen LogP contribution in [0, 0.1) is 0 Å². The second-order valence-electron chi connectivity index (χ2n) is 3.58. The average Bonchev–Trinajstić information content (AvgIpc) is 2.35. The Morgan fingerprint density at radius 3 is 2.63 bits per heavy atom. The topological polar surface area (TPSA) is 63.6 Å². The summed E-state index contributed by atoms with van der Waals surface area (Å²) in [4.78, 5) is 22.1. The van der Waals surface area contributed by atoms with Crippen molar-refractivity contribution in [2.75, 3.05) is 0 Å². The van der Waals surface area contributed by atoms with E-state index in [2.05, 4.69) is 4.74 Å². The lowest BCUT2D eigenvalue weighted by Crippen LogP contribution is -2.05. The zero-order valence-electron chi connectivity index (χ0n) is 10.1. The van der Waals surface area contributed by atoms with E-state index >= 15 is 0 Å². The van der Waals surface area contributed by atoms with Gasteiger partial charge in [-0.25, -0.2) is 4.79 Å². The molecular formula is C13H12F2O4. The van der Waals surface area contributed by atoms with Crippen molar-refractivity contribution < 1.29 is 28.2 Å². The van der Waals surface area contributed by atoms with Crippen LogP contribution in [0.1, 0.15) is 29.3 Å². The number of ketones is 1. The molecule has 4 nitrogen and oxygen atoms in total. The number of benzene rings is 1. The standard InChI is InChI=1S/C13H12F2O4/c1-2-11(16)10-7-9(19-13(14)15)5-3-8(10)4-6-12(17)18/h3-7,13H,2H2,1H3,(H,17,18)/b6-4+. The Labute approximate surface area is 108 Å². The lowest BCUT2D eigenvalue weighted by Gasteiger charge is -2.08. The van der Waals surface area contributed by atoms with E-state index in [1.165, 1.54) is 24.3 Å². The number of aliphatic carboxylic acids is 1. The minimum atomic E-state index is -2.98. The van der Waals surface area contributed by atoms with Crippen LogP contribution in [0.25, 0.3) is 6.08 Å². The third-order valence-corrected chi connectivity index (χ3v) is 2.28. The van der Waals surface area contributed by atoms with E-state index < -0.39 is 12.6 Å². The van der Waals surface area contributed by atoms with Gasteiger partial charge in [0.2, 0.25) is 0 Å². The van der Waals surface area contributed by atoms with Crippen LogP contribution in [0.2, 0.25) is 0 Å². The van der Waals surface area contributed by atoms with Crippen LogP contribution in [0.5, 0.6) is 5.75 Å². The first-order valence-electron chi connectivity index (χ1n) is 5.47. The predicted octanol–water partition coefficient (Wildman–Crippen LogP) is 2.98. The Morgan fingerprint density at radius 2 is 2.11 bits per heavy atom. The van der Waals surface area contributed by atoms with Gasteiger partial charge >= 0.3 is 12.6 Å². The fourth-order valence-corrected chi connectivity index (χ4v) is 1.45. The number of ether oxygens (including phenoxy) is 1. The number of hydrogen-bond acceptors (Lipinski definition) is 3. The number of halogens is 2. The molecule has 1 rings (SSSR count). The van der Waals surface area contributed by atoms with E-state index in [1.54, 1.807) is 6.92 Å². The summed E-state index contributed by atoms with van der Waals surface area (Å²) in [7, 11) is 0. The first-order valence-corrected chi connectivity index (χ1v) is 5.47. The zero-order valence-corrected chi connectivity index (χ0v) is 10.1. The van der Waals surface area contributed by atoms with Gasteiger partial charge in [0, 0.05) is 18.1 Å². The summed E-state index contributed by atoms with van der Waals surface area (Å²) in [5.74, 6) is -1.59. The van der Waals surface area contributed by atoms with E-state index in [0.717, 1.165) is 6.08 Å². The van der Waals surface area contributed by atoms with Crippen LogP contribution >= 0.6 is 0 Å². The molecule has 0 unspecified atom stereocenters. The van der Waals surface area contributed by atoms with Gasteiger partial charge in [-0.15, -0.1) is 0 Å². The highest BCUT2D eigenvalue weighted by atomic mass is 19.3. The first kappa shape index (κ1) is 14.8. The summed E-state index contributed by atoms with van der Waals surface area (Å²) in [6.07, 6.45) is 2.28. The number of carboxylic acid groups (broad SMARTS) is 1. The lowest BCUT2D eigenvalue weighted by atomic mass is 10.0. The van der Waals surface area contributed by atoms with Crippen LogP contribution in [-0.2, 0) is 4.79 Å². The van der Waals surface area contributed by atoms with Gasteiger partial charge in [-0.1, -0.05) is 13.0 Å². The quantitative estimate of drug-likeness (QED) is 0.637. The summed E-state index contributed by atoms with van der Waals surface area (Å²) in [6, 6.07) is 3.79. The molecule has 0 aliphatic carbocycles. The third-order valence-electron chi connectivity index (χ3n) is 2.28. The highest BCUT2D eigenvalue weighted by molar-refractivity contribution is 6.00. The van der Waals surface area contributed by atoms with Gasteiger partial charge in [0.05, 0.1) is 0 Å². The summed E-state index contributed by atoms with van der Waals surface area (Å²) in [5.41, 5.74) is 0.494. The van der Waals surface area contributed by atoms with Crippen molar-refractivity contribution in [2.24, 2.45) is 0 Å². The number of carboxylic acids is 1. The maximum absolute atomic E-state index is 12.1. The van der Waals surface area contributed by atoms with Crippen LogP contribution in [0.15, 0.2) is 24.3 Å². The van der Waals surface area contributed by atoms with Crippen molar-refractivity contribution in [1.82, 2.24) is 0 Å². The highest BCUT2D eigenvalue weighted by Gasteiger charge is 2.12. The molecule has 0 spiro atoms. The Morgan fingerprint density at radius 1 is 1.42 bits per heavy atom. The SMILES string of the molecule is CCC(=O)c1cc(OC(F)F)ccc1/C=C/C(=O)O. The molecule has 0 atom stereocenters. The maximum atomic E-state index is 12.1. The molecule has 0 bridgehead atoms. The number of rotatable bonds is 6. The number of alkyl halides is 2. The Bertz CT molecular complexity index is 509. The molecule has 6 heteroatoms. The second kappa shape index (κ2) is 6.63. The molecule has 0 amide bonds. The molecule has 0 aromatic heterocycles. The fourth-order valence-electron chi connectivity index (χ4n) is 1.45. The van der Waals surface area contributed by atoms with Crippen LogP contribution in [-0.4, -0.2) is 23.5 Å². The largest absolute Gasteiger partial charge is 0.478 e. The van der Waals surface area contributed by atoms with E-state index in [4.69, 9.17) is 5.11 Å². The average molecular weight is 270 g/mol. The molecule has 19 heavy (non-hydrogen) atoms. The van der Waals surface area contributed by atoms with Crippen molar-refractivity contribution in [2.45, 2.75) is 20.0 Å². The Balaban J connectivity index is 3.16. The van der Waals surface area contributed by atoms with Crippen LogP contribution in [0.4, 0.5) is 8.78 Å². The molecule has 0 aliphatic heterocycles. The van der Waals surface area contributed by atoms with Gasteiger partial charge in [0.15, 0.2) is 5.78 Å². The van der Waals surface area contributed by atoms with Gasteiger partial charge in [0.1, 0.15) is 5.75 Å². The summed E-state index contributed by atoms with van der Waals surface area (Å²) in [6.45, 7) is -1.36. The maximum Gasteiger partial charge on any atom is 0.387 e. The van der Waals surface area contributed by atoms with Crippen molar-refractivity contribution in [3.63, 3.8) is 0 Å². The predicted molar refractivity (Wildman–Crippen MR) is 64.4 cm³/mol. The molecule has 102 valence electrons. The Hall–Kier alpha value is -2.24. The molecule has 0 radical (unpaired) electrons. The highest BCUT2D eigenvalue weighted by Crippen LogP contribution is 2.22.